The van der Waals surface area contributed by atoms with Crippen LogP contribution >= 0.6 is 11.6 Å². The van der Waals surface area contributed by atoms with Gasteiger partial charge in [-0.15, -0.1) is 0 Å². The van der Waals surface area contributed by atoms with Crippen molar-refractivity contribution in [2.24, 2.45) is 0 Å². The number of halogens is 1. The van der Waals surface area contributed by atoms with E-state index in [4.69, 9.17) is 11.6 Å². The average molecular weight is 300 g/mol. The first-order valence-electron chi connectivity index (χ1n) is 6.19. The zero-order chi connectivity index (χ0) is 14.8. The second-order valence-electron chi connectivity index (χ2n) is 4.34. The van der Waals surface area contributed by atoms with Crippen molar-refractivity contribution in [3.05, 3.63) is 80.8 Å². The Morgan fingerprint density at radius 2 is 1.81 bits per heavy atom. The van der Waals surface area contributed by atoms with Crippen molar-refractivity contribution < 1.29 is 0 Å². The monoisotopic (exact) mass is 299 g/mol. The van der Waals surface area contributed by atoms with Gasteiger partial charge in [0.2, 0.25) is 0 Å². The lowest BCUT2D eigenvalue weighted by atomic mass is 10.1. The number of H-pyrrole nitrogens is 1. The van der Waals surface area contributed by atoms with Gasteiger partial charge in [0.05, 0.1) is 17.4 Å². The number of benzene rings is 1. The van der Waals surface area contributed by atoms with E-state index in [9.17, 15) is 9.59 Å². The number of pyridine rings is 1. The molecule has 0 atom stereocenters. The first-order chi connectivity index (χ1) is 10.2. The van der Waals surface area contributed by atoms with Gasteiger partial charge in [-0.25, -0.2) is 9.36 Å². The van der Waals surface area contributed by atoms with Crippen LogP contribution in [0.4, 0.5) is 0 Å². The Kier molecular flexibility index (Phi) is 3.41. The lowest BCUT2D eigenvalue weighted by Crippen LogP contribution is -2.34. The number of hydrogen-bond acceptors (Lipinski definition) is 3. The minimum absolute atomic E-state index is 0.0244. The third-order valence-electron chi connectivity index (χ3n) is 3.02. The fourth-order valence-electron chi connectivity index (χ4n) is 2.09. The molecule has 6 heteroatoms. The van der Waals surface area contributed by atoms with Crippen molar-refractivity contribution in [2.45, 2.75) is 0 Å². The van der Waals surface area contributed by atoms with E-state index in [0.717, 1.165) is 4.57 Å². The highest BCUT2D eigenvalue weighted by atomic mass is 35.5. The van der Waals surface area contributed by atoms with Crippen LogP contribution in [0.2, 0.25) is 5.15 Å². The average Bonchev–Trinajstić information content (AvgIpc) is 2.49. The van der Waals surface area contributed by atoms with Crippen molar-refractivity contribution in [1.29, 1.82) is 0 Å². The van der Waals surface area contributed by atoms with Gasteiger partial charge in [0.1, 0.15) is 5.15 Å². The summed E-state index contributed by atoms with van der Waals surface area (Å²) in [4.78, 5) is 31.1. The summed E-state index contributed by atoms with van der Waals surface area (Å²) in [5.41, 5.74) is 0.195. The summed E-state index contributed by atoms with van der Waals surface area (Å²) in [7, 11) is 0. The number of hydrogen-bond donors (Lipinski definition) is 1. The van der Waals surface area contributed by atoms with Crippen LogP contribution in [0.3, 0.4) is 0 Å². The van der Waals surface area contributed by atoms with E-state index in [-0.39, 0.29) is 10.7 Å². The van der Waals surface area contributed by atoms with Gasteiger partial charge in [-0.05, 0) is 17.7 Å². The molecule has 5 nitrogen and oxygen atoms in total. The normalized spacial score (nSPS) is 10.5. The summed E-state index contributed by atoms with van der Waals surface area (Å²) in [6.07, 6.45) is 3.01. The zero-order valence-corrected chi connectivity index (χ0v) is 11.5. The molecule has 0 amide bonds. The summed E-state index contributed by atoms with van der Waals surface area (Å²) in [6.45, 7) is 0. The number of nitrogens with zero attached hydrogens (tertiary/aromatic N) is 2. The molecule has 1 aromatic carbocycles. The van der Waals surface area contributed by atoms with E-state index >= 15 is 0 Å². The molecule has 0 radical (unpaired) electrons. The Bertz CT molecular complexity index is 886. The van der Waals surface area contributed by atoms with Crippen molar-refractivity contribution in [2.75, 3.05) is 0 Å². The molecule has 0 unspecified atom stereocenters. The van der Waals surface area contributed by atoms with Crippen LogP contribution < -0.4 is 11.2 Å². The maximum atomic E-state index is 12.6. The van der Waals surface area contributed by atoms with Crippen LogP contribution in [0, 0.1) is 0 Å². The molecule has 104 valence electrons. The van der Waals surface area contributed by atoms with Gasteiger partial charge in [-0.3, -0.25) is 14.8 Å². The van der Waals surface area contributed by atoms with Gasteiger partial charge in [0, 0.05) is 6.20 Å². The molecular weight excluding hydrogens is 290 g/mol. The molecule has 3 aromatic rings. The van der Waals surface area contributed by atoms with Crippen LogP contribution in [0.5, 0.6) is 0 Å². The molecule has 0 aliphatic rings. The zero-order valence-electron chi connectivity index (χ0n) is 10.8. The summed E-state index contributed by atoms with van der Waals surface area (Å²) in [5.74, 6) is 0. The van der Waals surface area contributed by atoms with Crippen molar-refractivity contribution in [1.82, 2.24) is 14.5 Å². The van der Waals surface area contributed by atoms with E-state index in [1.54, 1.807) is 42.6 Å². The lowest BCUT2D eigenvalue weighted by molar-refractivity contribution is 0.874. The van der Waals surface area contributed by atoms with Gasteiger partial charge < -0.3 is 0 Å². The summed E-state index contributed by atoms with van der Waals surface area (Å²) in [6, 6.07) is 12.2. The molecule has 0 fully saturated rings. The third-order valence-corrected chi connectivity index (χ3v) is 3.31. The molecule has 0 aliphatic heterocycles. The minimum atomic E-state index is -0.599. The highest BCUT2D eigenvalue weighted by molar-refractivity contribution is 6.32. The third kappa shape index (κ3) is 2.39. The van der Waals surface area contributed by atoms with E-state index in [0.29, 0.717) is 11.3 Å². The quantitative estimate of drug-likeness (QED) is 0.738. The molecule has 21 heavy (non-hydrogen) atoms. The van der Waals surface area contributed by atoms with Crippen molar-refractivity contribution in [3.63, 3.8) is 0 Å². The summed E-state index contributed by atoms with van der Waals surface area (Å²) in [5, 5.41) is 0.0244. The lowest BCUT2D eigenvalue weighted by Gasteiger charge is -2.08. The van der Waals surface area contributed by atoms with Gasteiger partial charge in [-0.2, -0.15) is 0 Å². The standard InChI is InChI=1S/C15H10ClN3O2/c16-13-12(10-5-2-1-3-6-10)14(20)19(15(21)18-13)11-7-4-8-17-9-11/h1-9H,(H,18,21). The SMILES string of the molecule is O=c1[nH]c(Cl)c(-c2ccccc2)c(=O)n1-c1cccnc1. The van der Waals surface area contributed by atoms with Crippen LogP contribution in [0.25, 0.3) is 16.8 Å². The molecule has 0 saturated heterocycles. The van der Waals surface area contributed by atoms with E-state index in [1.807, 2.05) is 6.07 Å². The number of aromatic amines is 1. The van der Waals surface area contributed by atoms with Gasteiger partial charge in [0.15, 0.2) is 0 Å². The Balaban J connectivity index is 2.35. The van der Waals surface area contributed by atoms with Gasteiger partial charge in [0.25, 0.3) is 5.56 Å². The molecule has 0 aliphatic carbocycles. The fourth-order valence-corrected chi connectivity index (χ4v) is 2.36. The Morgan fingerprint density at radius 1 is 1.05 bits per heavy atom. The second-order valence-corrected chi connectivity index (χ2v) is 4.71. The van der Waals surface area contributed by atoms with E-state index < -0.39 is 11.2 Å². The first kappa shape index (κ1) is 13.3. The highest BCUT2D eigenvalue weighted by Gasteiger charge is 2.15. The number of rotatable bonds is 2. The fraction of sp³-hybridized carbons (Fsp3) is 0. The maximum absolute atomic E-state index is 12.6. The van der Waals surface area contributed by atoms with Crippen LogP contribution in [-0.2, 0) is 0 Å². The second kappa shape index (κ2) is 5.38. The van der Waals surface area contributed by atoms with Gasteiger partial charge in [-0.1, -0.05) is 41.9 Å². The smallest absolute Gasteiger partial charge is 0.297 e. The van der Waals surface area contributed by atoms with Crippen molar-refractivity contribution in [3.8, 4) is 16.8 Å². The Morgan fingerprint density at radius 3 is 2.48 bits per heavy atom. The molecule has 0 saturated carbocycles. The predicted octanol–water partition coefficient (Wildman–Crippen LogP) is 2.24. The van der Waals surface area contributed by atoms with Crippen LogP contribution in [0.15, 0.2) is 64.4 Å². The topological polar surface area (TPSA) is 67.8 Å². The van der Waals surface area contributed by atoms with E-state index in [2.05, 4.69) is 9.97 Å². The van der Waals surface area contributed by atoms with Crippen molar-refractivity contribution >= 4 is 11.6 Å². The number of aromatic nitrogens is 3. The molecule has 0 spiro atoms. The molecular formula is C15H10ClN3O2. The Labute approximate surface area is 124 Å². The molecule has 1 N–H and O–H groups in total. The molecule has 2 aromatic heterocycles. The highest BCUT2D eigenvalue weighted by Crippen LogP contribution is 2.21. The summed E-state index contributed by atoms with van der Waals surface area (Å²) < 4.78 is 1.02. The van der Waals surface area contributed by atoms with Crippen LogP contribution in [0.1, 0.15) is 0 Å². The van der Waals surface area contributed by atoms with E-state index in [1.165, 1.54) is 6.20 Å². The largest absolute Gasteiger partial charge is 0.334 e. The summed E-state index contributed by atoms with van der Waals surface area (Å²) >= 11 is 6.04. The number of nitrogens with one attached hydrogen (secondary N) is 1. The molecule has 2 heterocycles. The van der Waals surface area contributed by atoms with Gasteiger partial charge >= 0.3 is 5.69 Å². The first-order valence-corrected chi connectivity index (χ1v) is 6.57. The molecule has 0 bridgehead atoms. The molecule has 3 rings (SSSR count). The Hall–Kier alpha value is -2.66. The predicted molar refractivity (Wildman–Crippen MR) is 80.9 cm³/mol. The van der Waals surface area contributed by atoms with Crippen LogP contribution in [-0.4, -0.2) is 14.5 Å². The minimum Gasteiger partial charge on any atom is -0.297 e. The maximum Gasteiger partial charge on any atom is 0.334 e.